The molecule has 1 aliphatic heterocycles. The van der Waals surface area contributed by atoms with Crippen molar-refractivity contribution in [2.75, 3.05) is 25.0 Å². The van der Waals surface area contributed by atoms with Gasteiger partial charge in [0.05, 0.1) is 6.61 Å². The first kappa shape index (κ1) is 17.3. The van der Waals surface area contributed by atoms with Crippen LogP contribution in [0.5, 0.6) is 5.75 Å². The molecular formula is C18H24N4O3. The van der Waals surface area contributed by atoms with E-state index in [1.54, 1.807) is 0 Å². The van der Waals surface area contributed by atoms with E-state index in [1.807, 2.05) is 43.9 Å². The van der Waals surface area contributed by atoms with Crippen LogP contribution in [0.2, 0.25) is 0 Å². The third-order valence-electron chi connectivity index (χ3n) is 4.41. The van der Waals surface area contributed by atoms with E-state index >= 15 is 0 Å². The van der Waals surface area contributed by atoms with Gasteiger partial charge < -0.3 is 19.5 Å². The molecule has 134 valence electrons. The Morgan fingerprint density at radius 1 is 1.36 bits per heavy atom. The highest BCUT2D eigenvalue weighted by atomic mass is 16.5. The number of carbonyl (C=O) groups is 1. The lowest BCUT2D eigenvalue weighted by Crippen LogP contribution is -2.40. The molecule has 3 rings (SSSR count). The van der Waals surface area contributed by atoms with Gasteiger partial charge in [-0.25, -0.2) is 4.79 Å². The molecule has 1 N–H and O–H groups in total. The van der Waals surface area contributed by atoms with Crippen molar-refractivity contribution in [2.45, 2.75) is 39.5 Å². The molecule has 7 heteroatoms. The summed E-state index contributed by atoms with van der Waals surface area (Å²) in [6.45, 7) is 7.68. The lowest BCUT2D eigenvalue weighted by Gasteiger charge is -2.30. The number of rotatable bonds is 4. The van der Waals surface area contributed by atoms with E-state index in [0.29, 0.717) is 31.4 Å². The van der Waals surface area contributed by atoms with E-state index in [4.69, 9.17) is 9.26 Å². The van der Waals surface area contributed by atoms with Crippen LogP contribution in [0.1, 0.15) is 43.0 Å². The molecule has 0 bridgehead atoms. The zero-order valence-corrected chi connectivity index (χ0v) is 14.9. The number of carbonyl (C=O) groups excluding carboxylic acids is 1. The lowest BCUT2D eigenvalue weighted by atomic mass is 9.97. The number of nitrogens with one attached hydrogen (secondary N) is 1. The van der Waals surface area contributed by atoms with Crippen LogP contribution in [-0.4, -0.2) is 40.8 Å². The van der Waals surface area contributed by atoms with Crippen molar-refractivity contribution in [3.63, 3.8) is 0 Å². The summed E-state index contributed by atoms with van der Waals surface area (Å²) in [7, 11) is 0. The first-order chi connectivity index (χ1) is 12.1. The second-order valence-corrected chi connectivity index (χ2v) is 6.28. The van der Waals surface area contributed by atoms with Crippen molar-refractivity contribution in [1.29, 1.82) is 0 Å². The Kier molecular flexibility index (Phi) is 5.21. The van der Waals surface area contributed by atoms with Crippen LogP contribution in [0.3, 0.4) is 0 Å². The molecule has 1 aromatic carbocycles. The van der Waals surface area contributed by atoms with Gasteiger partial charge in [0.2, 0.25) is 5.89 Å². The fourth-order valence-corrected chi connectivity index (χ4v) is 3.00. The third-order valence-corrected chi connectivity index (χ3v) is 4.41. The van der Waals surface area contributed by atoms with Gasteiger partial charge in [0, 0.05) is 30.8 Å². The summed E-state index contributed by atoms with van der Waals surface area (Å²) in [5, 5.41) is 6.79. The summed E-state index contributed by atoms with van der Waals surface area (Å²) in [5.41, 5.74) is 1.80. The number of anilines is 1. The van der Waals surface area contributed by atoms with Crippen molar-refractivity contribution >= 4 is 11.7 Å². The Bertz CT molecular complexity index is 736. The van der Waals surface area contributed by atoms with Crippen LogP contribution in [0.25, 0.3) is 0 Å². The predicted molar refractivity (Wildman–Crippen MR) is 93.9 cm³/mol. The molecule has 1 aromatic heterocycles. The predicted octanol–water partition coefficient (Wildman–Crippen LogP) is 3.50. The normalized spacial score (nSPS) is 15.2. The van der Waals surface area contributed by atoms with Crippen LogP contribution in [0.15, 0.2) is 22.7 Å². The van der Waals surface area contributed by atoms with Crippen LogP contribution in [-0.2, 0) is 0 Å². The van der Waals surface area contributed by atoms with Crippen molar-refractivity contribution in [2.24, 2.45) is 0 Å². The Morgan fingerprint density at radius 2 is 2.12 bits per heavy atom. The fraction of sp³-hybridized carbons (Fsp3) is 0.500. The number of ether oxygens (including phenoxy) is 1. The molecule has 0 radical (unpaired) electrons. The van der Waals surface area contributed by atoms with E-state index in [1.165, 1.54) is 0 Å². The van der Waals surface area contributed by atoms with E-state index in [-0.39, 0.29) is 11.9 Å². The number of aromatic nitrogens is 2. The summed E-state index contributed by atoms with van der Waals surface area (Å²) in [5.74, 6) is 2.36. The lowest BCUT2D eigenvalue weighted by molar-refractivity contribution is 0.187. The van der Waals surface area contributed by atoms with Gasteiger partial charge in [-0.3, -0.25) is 0 Å². The Hall–Kier alpha value is -2.57. The van der Waals surface area contributed by atoms with Gasteiger partial charge in [0.25, 0.3) is 0 Å². The largest absolute Gasteiger partial charge is 0.494 e. The second kappa shape index (κ2) is 7.55. The van der Waals surface area contributed by atoms with Crippen LogP contribution < -0.4 is 10.1 Å². The topological polar surface area (TPSA) is 80.5 Å². The average Bonchev–Trinajstić information content (AvgIpc) is 3.05. The maximum absolute atomic E-state index is 12.5. The number of aryl methyl sites for hydroxylation is 2. The number of hydrogen-bond donors (Lipinski definition) is 1. The summed E-state index contributed by atoms with van der Waals surface area (Å²) in [4.78, 5) is 18.6. The minimum absolute atomic E-state index is 0.0912. The molecule has 25 heavy (non-hydrogen) atoms. The summed E-state index contributed by atoms with van der Waals surface area (Å²) < 4.78 is 10.8. The zero-order valence-electron chi connectivity index (χ0n) is 14.9. The second-order valence-electron chi connectivity index (χ2n) is 6.28. The molecular weight excluding hydrogens is 320 g/mol. The van der Waals surface area contributed by atoms with E-state index < -0.39 is 0 Å². The average molecular weight is 344 g/mol. The van der Waals surface area contributed by atoms with Crippen LogP contribution in [0.4, 0.5) is 10.5 Å². The van der Waals surface area contributed by atoms with Gasteiger partial charge in [-0.2, -0.15) is 4.98 Å². The fourth-order valence-electron chi connectivity index (χ4n) is 3.00. The molecule has 1 saturated heterocycles. The number of nitrogens with zero attached hydrogens (tertiary/aromatic N) is 3. The SMILES string of the molecule is CCOc1cc(NC(=O)N2CCC(c3nc(C)no3)CC2)ccc1C. The Morgan fingerprint density at radius 3 is 2.76 bits per heavy atom. The molecule has 0 atom stereocenters. The summed E-state index contributed by atoms with van der Waals surface area (Å²) in [6.07, 6.45) is 1.65. The quantitative estimate of drug-likeness (QED) is 0.918. The van der Waals surface area contributed by atoms with Gasteiger partial charge >= 0.3 is 6.03 Å². The van der Waals surface area contributed by atoms with Gasteiger partial charge in [0.15, 0.2) is 5.82 Å². The summed E-state index contributed by atoms with van der Waals surface area (Å²) >= 11 is 0. The van der Waals surface area contributed by atoms with Gasteiger partial charge in [-0.05, 0) is 45.2 Å². The van der Waals surface area contributed by atoms with Crippen molar-refractivity contribution in [3.8, 4) is 5.75 Å². The molecule has 1 fully saturated rings. The molecule has 0 spiro atoms. The zero-order chi connectivity index (χ0) is 17.8. The maximum Gasteiger partial charge on any atom is 0.321 e. The van der Waals surface area contributed by atoms with Gasteiger partial charge in [0.1, 0.15) is 5.75 Å². The molecule has 0 saturated carbocycles. The Balaban J connectivity index is 1.57. The van der Waals surface area contributed by atoms with Crippen molar-refractivity contribution in [3.05, 3.63) is 35.5 Å². The number of benzene rings is 1. The monoisotopic (exact) mass is 344 g/mol. The van der Waals surface area contributed by atoms with E-state index in [9.17, 15) is 4.79 Å². The van der Waals surface area contributed by atoms with E-state index in [0.717, 1.165) is 29.8 Å². The molecule has 1 aliphatic rings. The standard InChI is InChI=1S/C18H24N4O3/c1-4-24-16-11-15(6-5-12(16)2)20-18(23)22-9-7-14(8-10-22)17-19-13(3)21-25-17/h5-6,11,14H,4,7-10H2,1-3H3,(H,20,23). The highest BCUT2D eigenvalue weighted by Gasteiger charge is 2.27. The third kappa shape index (κ3) is 4.10. The highest BCUT2D eigenvalue weighted by Crippen LogP contribution is 2.27. The first-order valence-corrected chi connectivity index (χ1v) is 8.66. The van der Waals surface area contributed by atoms with E-state index in [2.05, 4.69) is 15.5 Å². The number of hydrogen-bond acceptors (Lipinski definition) is 5. The molecule has 0 aliphatic carbocycles. The minimum Gasteiger partial charge on any atom is -0.494 e. The van der Waals surface area contributed by atoms with Crippen molar-refractivity contribution < 1.29 is 14.1 Å². The maximum atomic E-state index is 12.5. The van der Waals surface area contributed by atoms with Crippen LogP contribution in [0, 0.1) is 13.8 Å². The van der Waals surface area contributed by atoms with Crippen LogP contribution >= 0.6 is 0 Å². The molecule has 2 amide bonds. The van der Waals surface area contributed by atoms with Gasteiger partial charge in [-0.1, -0.05) is 11.2 Å². The highest BCUT2D eigenvalue weighted by molar-refractivity contribution is 5.89. The van der Waals surface area contributed by atoms with Gasteiger partial charge in [-0.15, -0.1) is 0 Å². The molecule has 7 nitrogen and oxygen atoms in total. The molecule has 0 unspecified atom stereocenters. The number of likely N-dealkylation sites (tertiary alicyclic amines) is 1. The Labute approximate surface area is 147 Å². The smallest absolute Gasteiger partial charge is 0.321 e. The number of piperidine rings is 1. The first-order valence-electron chi connectivity index (χ1n) is 8.66. The van der Waals surface area contributed by atoms with Crippen molar-refractivity contribution in [1.82, 2.24) is 15.0 Å². The number of urea groups is 1. The molecule has 2 heterocycles. The minimum atomic E-state index is -0.0912. The summed E-state index contributed by atoms with van der Waals surface area (Å²) in [6, 6.07) is 5.62. The number of amides is 2. The molecule has 2 aromatic rings.